The van der Waals surface area contributed by atoms with Crippen molar-refractivity contribution in [2.75, 3.05) is 19.6 Å². The molecule has 1 amide bonds. The molecule has 166 valence electrons. The number of carbonyl (C=O) groups is 1. The molecule has 2 aliphatic heterocycles. The second-order valence-electron chi connectivity index (χ2n) is 8.43. The molecule has 0 saturated carbocycles. The number of rotatable bonds is 6. The first-order valence-corrected chi connectivity index (χ1v) is 10.6. The van der Waals surface area contributed by atoms with Crippen LogP contribution in [0.1, 0.15) is 36.8 Å². The topological polar surface area (TPSA) is 54.5 Å². The molecule has 0 bridgehead atoms. The number of carbonyl (C=O) groups excluding carboxylic acids is 1. The van der Waals surface area contributed by atoms with Gasteiger partial charge in [0.2, 0.25) is 5.91 Å². The molecule has 1 atom stereocenters. The van der Waals surface area contributed by atoms with Gasteiger partial charge >= 0.3 is 0 Å². The standard InChI is InChI=1S/C23H26F3N3O2/c24-17-10-20(25)19(21(26)11-17)12-22(30)28-14-18-3-4-23(31-18)5-8-29(9-6-23)15-16-2-1-7-27-13-16/h1-2,7,10-11,13,18H,3-6,8-9,12,14-15H2,(H,28,30). The number of ether oxygens (including phenoxy) is 1. The molecule has 3 heterocycles. The number of nitrogens with zero attached hydrogens (tertiary/aromatic N) is 2. The number of hydrogen-bond donors (Lipinski definition) is 1. The van der Waals surface area contributed by atoms with Crippen LogP contribution in [0.4, 0.5) is 13.2 Å². The maximum atomic E-state index is 13.7. The Labute approximate surface area is 179 Å². The molecule has 1 spiro atoms. The third-order valence-corrected chi connectivity index (χ3v) is 6.20. The van der Waals surface area contributed by atoms with E-state index in [-0.39, 0.29) is 11.7 Å². The van der Waals surface area contributed by atoms with Gasteiger partial charge < -0.3 is 10.1 Å². The lowest BCUT2D eigenvalue weighted by molar-refractivity contribution is -0.122. The Morgan fingerprint density at radius 2 is 1.94 bits per heavy atom. The van der Waals surface area contributed by atoms with Gasteiger partial charge in [0.15, 0.2) is 0 Å². The number of aromatic nitrogens is 1. The van der Waals surface area contributed by atoms with Crippen LogP contribution in [0.15, 0.2) is 36.7 Å². The van der Waals surface area contributed by atoms with Crippen molar-refractivity contribution in [2.45, 2.75) is 50.4 Å². The van der Waals surface area contributed by atoms with Gasteiger partial charge in [-0.15, -0.1) is 0 Å². The van der Waals surface area contributed by atoms with Crippen molar-refractivity contribution >= 4 is 5.91 Å². The first-order valence-electron chi connectivity index (χ1n) is 10.6. The van der Waals surface area contributed by atoms with E-state index in [0.29, 0.717) is 18.7 Å². The van der Waals surface area contributed by atoms with Gasteiger partial charge in [0.1, 0.15) is 17.5 Å². The van der Waals surface area contributed by atoms with E-state index in [1.807, 2.05) is 12.3 Å². The monoisotopic (exact) mass is 433 g/mol. The summed E-state index contributed by atoms with van der Waals surface area (Å²) < 4.78 is 46.8. The van der Waals surface area contributed by atoms with Crippen LogP contribution in [0.25, 0.3) is 0 Å². The van der Waals surface area contributed by atoms with Crippen LogP contribution in [0.2, 0.25) is 0 Å². The quantitative estimate of drug-likeness (QED) is 0.759. The number of nitrogens with one attached hydrogen (secondary N) is 1. The third kappa shape index (κ3) is 5.43. The highest BCUT2D eigenvalue weighted by molar-refractivity contribution is 5.78. The van der Waals surface area contributed by atoms with Crippen molar-refractivity contribution in [1.29, 1.82) is 0 Å². The van der Waals surface area contributed by atoms with Crippen LogP contribution < -0.4 is 5.32 Å². The average molecular weight is 433 g/mol. The van der Waals surface area contributed by atoms with E-state index in [1.54, 1.807) is 6.20 Å². The molecule has 5 nitrogen and oxygen atoms in total. The Morgan fingerprint density at radius 1 is 1.19 bits per heavy atom. The Balaban J connectivity index is 1.22. The summed E-state index contributed by atoms with van der Waals surface area (Å²) in [5.41, 5.74) is 0.611. The van der Waals surface area contributed by atoms with Crippen molar-refractivity contribution in [1.82, 2.24) is 15.2 Å². The van der Waals surface area contributed by atoms with E-state index >= 15 is 0 Å². The van der Waals surface area contributed by atoms with E-state index in [1.165, 1.54) is 5.56 Å². The summed E-state index contributed by atoms with van der Waals surface area (Å²) in [5.74, 6) is -3.63. The van der Waals surface area contributed by atoms with Gasteiger partial charge in [0.25, 0.3) is 0 Å². The Bertz CT molecular complexity index is 895. The SMILES string of the molecule is O=C(Cc1c(F)cc(F)cc1F)NCC1CCC2(CCN(Cc3cccnc3)CC2)O1. The zero-order chi connectivity index (χ0) is 21.8. The smallest absolute Gasteiger partial charge is 0.224 e. The lowest BCUT2D eigenvalue weighted by atomic mass is 9.88. The number of hydrogen-bond acceptors (Lipinski definition) is 4. The summed E-state index contributed by atoms with van der Waals surface area (Å²) in [7, 11) is 0. The fourth-order valence-electron chi connectivity index (χ4n) is 4.47. The molecule has 2 aromatic rings. The molecule has 0 aliphatic carbocycles. The number of amides is 1. The van der Waals surface area contributed by atoms with Crippen molar-refractivity contribution in [3.05, 3.63) is 65.2 Å². The molecule has 2 fully saturated rings. The molecule has 1 N–H and O–H groups in total. The van der Waals surface area contributed by atoms with Crippen molar-refractivity contribution in [3.8, 4) is 0 Å². The second kappa shape index (κ2) is 9.36. The molecular formula is C23H26F3N3O2. The van der Waals surface area contributed by atoms with Gasteiger partial charge in [-0.1, -0.05) is 6.07 Å². The van der Waals surface area contributed by atoms with Crippen LogP contribution in [0, 0.1) is 17.5 Å². The fraction of sp³-hybridized carbons (Fsp3) is 0.478. The van der Waals surface area contributed by atoms with Crippen LogP contribution >= 0.6 is 0 Å². The molecule has 2 saturated heterocycles. The highest BCUT2D eigenvalue weighted by Crippen LogP contribution is 2.39. The molecule has 31 heavy (non-hydrogen) atoms. The van der Waals surface area contributed by atoms with E-state index < -0.39 is 35.3 Å². The van der Waals surface area contributed by atoms with Crippen molar-refractivity contribution in [3.63, 3.8) is 0 Å². The van der Waals surface area contributed by atoms with Gasteiger partial charge in [-0.3, -0.25) is 14.7 Å². The molecular weight excluding hydrogens is 407 g/mol. The van der Waals surface area contributed by atoms with Crippen molar-refractivity contribution < 1.29 is 22.7 Å². The van der Waals surface area contributed by atoms with E-state index in [2.05, 4.69) is 21.3 Å². The third-order valence-electron chi connectivity index (χ3n) is 6.20. The van der Waals surface area contributed by atoms with Gasteiger partial charge in [0.05, 0.1) is 18.1 Å². The lowest BCUT2D eigenvalue weighted by Crippen LogP contribution is -2.45. The van der Waals surface area contributed by atoms with Gasteiger partial charge in [-0.25, -0.2) is 13.2 Å². The largest absolute Gasteiger partial charge is 0.370 e. The summed E-state index contributed by atoms with van der Waals surface area (Å²) in [6, 6.07) is 5.18. The van der Waals surface area contributed by atoms with Crippen molar-refractivity contribution in [2.24, 2.45) is 0 Å². The van der Waals surface area contributed by atoms with Gasteiger partial charge in [-0.2, -0.15) is 0 Å². The predicted octanol–water partition coefficient (Wildman–Crippen LogP) is 3.37. The minimum Gasteiger partial charge on any atom is -0.370 e. The van der Waals surface area contributed by atoms with E-state index in [4.69, 9.17) is 4.74 Å². The first kappa shape index (κ1) is 21.8. The fourth-order valence-corrected chi connectivity index (χ4v) is 4.47. The number of piperidine rings is 1. The van der Waals surface area contributed by atoms with E-state index in [0.717, 1.165) is 45.3 Å². The van der Waals surface area contributed by atoms with Crippen LogP contribution in [0.5, 0.6) is 0 Å². The maximum absolute atomic E-state index is 13.7. The minimum absolute atomic E-state index is 0.114. The van der Waals surface area contributed by atoms with Gasteiger partial charge in [-0.05, 0) is 37.3 Å². The van der Waals surface area contributed by atoms with Crippen LogP contribution in [-0.2, 0) is 22.5 Å². The minimum atomic E-state index is -1.05. The number of benzene rings is 1. The molecule has 1 unspecified atom stereocenters. The van der Waals surface area contributed by atoms with Gasteiger partial charge in [0, 0.05) is 56.3 Å². The molecule has 4 rings (SSSR count). The summed E-state index contributed by atoms with van der Waals surface area (Å²) in [6.07, 6.45) is 6.71. The maximum Gasteiger partial charge on any atom is 0.224 e. The Hall–Kier alpha value is -2.45. The summed E-state index contributed by atoms with van der Waals surface area (Å²) >= 11 is 0. The highest BCUT2D eigenvalue weighted by atomic mass is 19.1. The van der Waals surface area contributed by atoms with Crippen LogP contribution in [-0.4, -0.2) is 47.1 Å². The molecule has 8 heteroatoms. The molecule has 1 aromatic heterocycles. The number of halogens is 3. The Kier molecular flexibility index (Phi) is 6.57. The molecule has 1 aromatic carbocycles. The molecule has 0 radical (unpaired) electrons. The summed E-state index contributed by atoms with van der Waals surface area (Å²) in [4.78, 5) is 18.7. The number of likely N-dealkylation sites (tertiary alicyclic amines) is 1. The lowest BCUT2D eigenvalue weighted by Gasteiger charge is -2.39. The molecule has 2 aliphatic rings. The van der Waals surface area contributed by atoms with Crippen LogP contribution in [0.3, 0.4) is 0 Å². The zero-order valence-electron chi connectivity index (χ0n) is 17.3. The highest BCUT2D eigenvalue weighted by Gasteiger charge is 2.42. The second-order valence-corrected chi connectivity index (χ2v) is 8.43. The average Bonchev–Trinajstić information content (AvgIpc) is 3.14. The number of pyridine rings is 1. The Morgan fingerprint density at radius 3 is 2.61 bits per heavy atom. The normalized spacial score (nSPS) is 20.8. The zero-order valence-corrected chi connectivity index (χ0v) is 17.3. The van der Waals surface area contributed by atoms with E-state index in [9.17, 15) is 18.0 Å². The predicted molar refractivity (Wildman–Crippen MR) is 109 cm³/mol. The first-order chi connectivity index (χ1) is 14.9. The summed E-state index contributed by atoms with van der Waals surface area (Å²) in [6.45, 7) is 3.05. The summed E-state index contributed by atoms with van der Waals surface area (Å²) in [5, 5.41) is 2.70.